The molecule has 0 radical (unpaired) electrons. The Morgan fingerprint density at radius 3 is 2.11 bits per heavy atom. The van der Waals surface area contributed by atoms with Crippen LogP contribution in [-0.2, 0) is 0 Å². The fraction of sp³-hybridized carbons (Fsp3) is 0.875. The zero-order valence-corrected chi connectivity index (χ0v) is 14.4. The SMILES string of the molecule is CCCCCCC/C=C/[C@H](O)[Si](C)(C)C(C)(C)C. The Bertz CT molecular complexity index is 238. The minimum atomic E-state index is -1.62. The molecule has 1 atom stereocenters. The van der Waals surface area contributed by atoms with Crippen LogP contribution in [0.25, 0.3) is 0 Å². The summed E-state index contributed by atoms with van der Waals surface area (Å²) in [5.41, 5.74) is -0.215. The predicted molar refractivity (Wildman–Crippen MR) is 85.7 cm³/mol. The van der Waals surface area contributed by atoms with Crippen molar-refractivity contribution in [1.82, 2.24) is 0 Å². The molecule has 0 spiro atoms. The van der Waals surface area contributed by atoms with E-state index in [1.165, 1.54) is 32.1 Å². The van der Waals surface area contributed by atoms with E-state index in [0.717, 1.165) is 6.42 Å². The maximum absolute atomic E-state index is 10.3. The summed E-state index contributed by atoms with van der Waals surface area (Å²) in [5.74, 6) is 0. The number of aliphatic hydroxyl groups is 1. The van der Waals surface area contributed by atoms with Crippen molar-refractivity contribution in [3.8, 4) is 0 Å². The van der Waals surface area contributed by atoms with Crippen LogP contribution in [0.15, 0.2) is 12.2 Å². The largest absolute Gasteiger partial charge is 0.393 e. The number of hydrogen-bond acceptors (Lipinski definition) is 1. The van der Waals surface area contributed by atoms with E-state index in [1.54, 1.807) is 0 Å². The fourth-order valence-electron chi connectivity index (χ4n) is 1.78. The van der Waals surface area contributed by atoms with Gasteiger partial charge in [-0.05, 0) is 17.9 Å². The maximum Gasteiger partial charge on any atom is 0.0914 e. The van der Waals surface area contributed by atoms with Crippen LogP contribution in [0.1, 0.15) is 66.2 Å². The molecule has 0 aromatic rings. The second-order valence-electron chi connectivity index (χ2n) is 7.05. The van der Waals surface area contributed by atoms with Crippen LogP contribution < -0.4 is 0 Å². The van der Waals surface area contributed by atoms with Crippen molar-refractivity contribution in [3.63, 3.8) is 0 Å². The average molecular weight is 271 g/mol. The van der Waals surface area contributed by atoms with Gasteiger partial charge in [-0.15, -0.1) is 0 Å². The summed E-state index contributed by atoms with van der Waals surface area (Å²) >= 11 is 0. The molecule has 0 aromatic heterocycles. The first-order chi connectivity index (χ1) is 8.23. The average Bonchev–Trinajstić information content (AvgIpc) is 2.26. The summed E-state index contributed by atoms with van der Waals surface area (Å²) in [6, 6.07) is 0. The number of allylic oxidation sites excluding steroid dienone is 1. The Morgan fingerprint density at radius 1 is 1.06 bits per heavy atom. The molecule has 2 heteroatoms. The van der Waals surface area contributed by atoms with Crippen molar-refractivity contribution in [2.24, 2.45) is 0 Å². The smallest absolute Gasteiger partial charge is 0.0914 e. The zero-order valence-electron chi connectivity index (χ0n) is 13.4. The highest BCUT2D eigenvalue weighted by Gasteiger charge is 2.40. The topological polar surface area (TPSA) is 20.2 Å². The van der Waals surface area contributed by atoms with Crippen LogP contribution in [0, 0.1) is 0 Å². The molecule has 18 heavy (non-hydrogen) atoms. The van der Waals surface area contributed by atoms with Crippen LogP contribution in [0.4, 0.5) is 0 Å². The summed E-state index contributed by atoms with van der Waals surface area (Å²) < 4.78 is 0. The minimum absolute atomic E-state index is 0.215. The Kier molecular flexibility index (Phi) is 8.12. The van der Waals surface area contributed by atoms with Crippen molar-refractivity contribution < 1.29 is 5.11 Å². The van der Waals surface area contributed by atoms with Gasteiger partial charge in [-0.2, -0.15) is 0 Å². The zero-order chi connectivity index (χ0) is 14.2. The second-order valence-corrected chi connectivity index (χ2v) is 12.6. The number of aliphatic hydroxyl groups excluding tert-OH is 1. The third-order valence-corrected chi connectivity index (χ3v) is 10.0. The number of hydrogen-bond donors (Lipinski definition) is 1. The molecule has 1 nitrogen and oxygen atoms in total. The van der Waals surface area contributed by atoms with Gasteiger partial charge in [0.1, 0.15) is 0 Å². The van der Waals surface area contributed by atoms with Gasteiger partial charge in [0.05, 0.1) is 13.8 Å². The van der Waals surface area contributed by atoms with Gasteiger partial charge in [0.25, 0.3) is 0 Å². The quantitative estimate of drug-likeness (QED) is 0.360. The third-order valence-electron chi connectivity index (χ3n) is 4.47. The summed E-state index contributed by atoms with van der Waals surface area (Å²) in [5, 5.41) is 10.6. The lowest BCUT2D eigenvalue weighted by Gasteiger charge is -2.39. The van der Waals surface area contributed by atoms with Crippen molar-refractivity contribution in [3.05, 3.63) is 12.2 Å². The highest BCUT2D eigenvalue weighted by Crippen LogP contribution is 2.38. The van der Waals surface area contributed by atoms with E-state index in [4.69, 9.17) is 0 Å². The third kappa shape index (κ3) is 6.19. The summed E-state index contributed by atoms with van der Waals surface area (Å²) in [7, 11) is -1.62. The van der Waals surface area contributed by atoms with Gasteiger partial charge in [-0.1, -0.05) is 78.6 Å². The molecule has 0 bridgehead atoms. The van der Waals surface area contributed by atoms with Gasteiger partial charge in [0.2, 0.25) is 0 Å². The first-order valence-corrected chi connectivity index (χ1v) is 10.7. The molecule has 0 aliphatic carbocycles. The summed E-state index contributed by atoms with van der Waals surface area (Å²) in [6.45, 7) is 13.6. The molecular weight excluding hydrogens is 236 g/mol. The Hall–Kier alpha value is -0.0831. The van der Waals surface area contributed by atoms with Crippen molar-refractivity contribution in [1.29, 1.82) is 0 Å². The molecule has 0 heterocycles. The number of unbranched alkanes of at least 4 members (excludes halogenated alkanes) is 5. The Balaban J connectivity index is 3.97. The first-order valence-electron chi connectivity index (χ1n) is 7.58. The minimum Gasteiger partial charge on any atom is -0.393 e. The standard InChI is InChI=1S/C16H34OSi/c1-7-8-9-10-11-12-13-14-15(17)18(5,6)16(2,3)4/h13-15,17H,7-12H2,1-6H3/b14-13+/t15-/m1/s1. The van der Waals surface area contributed by atoms with Crippen LogP contribution in [0.2, 0.25) is 18.1 Å². The van der Waals surface area contributed by atoms with E-state index >= 15 is 0 Å². The summed E-state index contributed by atoms with van der Waals surface area (Å²) in [6.07, 6.45) is 12.0. The highest BCUT2D eigenvalue weighted by molar-refractivity contribution is 6.81. The van der Waals surface area contributed by atoms with Crippen LogP contribution in [0.3, 0.4) is 0 Å². The van der Waals surface area contributed by atoms with Crippen LogP contribution in [-0.4, -0.2) is 18.9 Å². The molecule has 0 saturated heterocycles. The van der Waals surface area contributed by atoms with Crippen molar-refractivity contribution in [2.45, 2.75) is 90.1 Å². The lowest BCUT2D eigenvalue weighted by atomic mass is 10.1. The molecule has 0 rings (SSSR count). The first kappa shape index (κ1) is 17.9. The van der Waals surface area contributed by atoms with E-state index in [1.807, 2.05) is 0 Å². The molecule has 0 fully saturated rings. The predicted octanol–water partition coefficient (Wildman–Crippen LogP) is 5.31. The van der Waals surface area contributed by atoms with Crippen molar-refractivity contribution >= 4 is 8.07 Å². The summed E-state index contributed by atoms with van der Waals surface area (Å²) in [4.78, 5) is 0. The van der Waals surface area contributed by atoms with Crippen molar-refractivity contribution in [2.75, 3.05) is 0 Å². The molecule has 0 aromatic carbocycles. The fourth-order valence-corrected chi connectivity index (χ4v) is 3.28. The van der Waals surface area contributed by atoms with E-state index in [0.29, 0.717) is 0 Å². The normalized spacial score (nSPS) is 15.3. The number of rotatable bonds is 8. The van der Waals surface area contributed by atoms with Gasteiger partial charge in [-0.3, -0.25) is 0 Å². The molecule has 0 aliphatic rings. The van der Waals surface area contributed by atoms with Gasteiger partial charge < -0.3 is 5.11 Å². The monoisotopic (exact) mass is 270 g/mol. The molecule has 0 unspecified atom stereocenters. The van der Waals surface area contributed by atoms with Gasteiger partial charge >= 0.3 is 0 Å². The van der Waals surface area contributed by atoms with Gasteiger partial charge in [0.15, 0.2) is 0 Å². The molecule has 0 amide bonds. The lowest BCUT2D eigenvalue weighted by Crippen LogP contribution is -2.48. The Labute approximate surface area is 116 Å². The lowest BCUT2D eigenvalue weighted by molar-refractivity contribution is 0.283. The van der Waals surface area contributed by atoms with Gasteiger partial charge in [-0.25, -0.2) is 0 Å². The van der Waals surface area contributed by atoms with E-state index in [2.05, 4.69) is 52.9 Å². The maximum atomic E-state index is 10.3. The van der Waals surface area contributed by atoms with Crippen LogP contribution in [0.5, 0.6) is 0 Å². The molecule has 0 aliphatic heterocycles. The van der Waals surface area contributed by atoms with E-state index in [-0.39, 0.29) is 10.8 Å². The second kappa shape index (κ2) is 8.16. The highest BCUT2D eigenvalue weighted by atomic mass is 28.3. The Morgan fingerprint density at radius 2 is 1.61 bits per heavy atom. The molecular formula is C16H34OSi. The van der Waals surface area contributed by atoms with E-state index < -0.39 is 8.07 Å². The van der Waals surface area contributed by atoms with Crippen LogP contribution >= 0.6 is 0 Å². The molecule has 108 valence electrons. The van der Waals surface area contributed by atoms with E-state index in [9.17, 15) is 5.11 Å². The molecule has 1 N–H and O–H groups in total. The van der Waals surface area contributed by atoms with Gasteiger partial charge in [0, 0.05) is 0 Å². The molecule has 0 saturated carbocycles.